The zero-order valence-electron chi connectivity index (χ0n) is 15.8. The summed E-state index contributed by atoms with van der Waals surface area (Å²) in [4.78, 5) is 28.0. The highest BCUT2D eigenvalue weighted by atomic mass is 16.1. The number of anilines is 2. The Labute approximate surface area is 164 Å². The summed E-state index contributed by atoms with van der Waals surface area (Å²) in [6.07, 6.45) is 4.99. The predicted molar refractivity (Wildman–Crippen MR) is 111 cm³/mol. The number of nitrogens with one attached hydrogen (secondary N) is 2. The van der Waals surface area contributed by atoms with Crippen LogP contribution in [0.5, 0.6) is 0 Å². The molecule has 0 bridgehead atoms. The van der Waals surface area contributed by atoms with Gasteiger partial charge in [-0.3, -0.25) is 14.6 Å². The van der Waals surface area contributed by atoms with Crippen molar-refractivity contribution in [2.24, 2.45) is 0 Å². The number of pyridine rings is 1. The molecule has 2 N–H and O–H groups in total. The number of aryl methyl sites for hydroxylation is 1. The number of nitrogens with zero attached hydrogens (tertiary/aromatic N) is 1. The molecule has 3 rings (SSSR count). The van der Waals surface area contributed by atoms with E-state index in [4.69, 9.17) is 0 Å². The molecule has 0 fully saturated rings. The zero-order chi connectivity index (χ0) is 19.8. The van der Waals surface area contributed by atoms with Crippen LogP contribution < -0.4 is 10.6 Å². The molecular weight excluding hydrogens is 350 g/mol. The summed E-state index contributed by atoms with van der Waals surface area (Å²) in [6, 6.07) is 19.2. The van der Waals surface area contributed by atoms with Crippen LogP contribution in [0.2, 0.25) is 0 Å². The highest BCUT2D eigenvalue weighted by Gasteiger charge is 2.07. The molecule has 3 aromatic rings. The van der Waals surface area contributed by atoms with Crippen molar-refractivity contribution in [2.75, 3.05) is 11.9 Å². The fourth-order valence-corrected chi connectivity index (χ4v) is 2.86. The highest BCUT2D eigenvalue weighted by Crippen LogP contribution is 2.18. The van der Waals surface area contributed by atoms with Crippen LogP contribution in [0.15, 0.2) is 73.1 Å². The molecule has 0 saturated carbocycles. The number of amides is 1. The normalized spacial score (nSPS) is 10.3. The van der Waals surface area contributed by atoms with Crippen molar-refractivity contribution in [1.29, 1.82) is 0 Å². The fourth-order valence-electron chi connectivity index (χ4n) is 2.86. The maximum absolute atomic E-state index is 12.4. The van der Waals surface area contributed by atoms with Crippen molar-refractivity contribution in [3.63, 3.8) is 0 Å². The molecule has 0 saturated heterocycles. The van der Waals surface area contributed by atoms with E-state index in [1.165, 1.54) is 12.5 Å². The van der Waals surface area contributed by atoms with E-state index in [2.05, 4.69) is 27.8 Å². The molecule has 0 unspecified atom stereocenters. The summed E-state index contributed by atoms with van der Waals surface area (Å²) < 4.78 is 0. The maximum Gasteiger partial charge on any atom is 0.252 e. The molecule has 0 aliphatic heterocycles. The molecule has 0 atom stereocenters. The van der Waals surface area contributed by atoms with Crippen molar-refractivity contribution in [3.05, 3.63) is 89.7 Å². The van der Waals surface area contributed by atoms with Gasteiger partial charge in [0.15, 0.2) is 5.78 Å². The Kier molecular flexibility index (Phi) is 6.52. The van der Waals surface area contributed by atoms with Gasteiger partial charge in [0.25, 0.3) is 5.91 Å². The minimum atomic E-state index is -0.151. The number of ketones is 1. The van der Waals surface area contributed by atoms with Crippen molar-refractivity contribution in [2.45, 2.75) is 19.8 Å². The topological polar surface area (TPSA) is 71.1 Å². The maximum atomic E-state index is 12.4. The van der Waals surface area contributed by atoms with Crippen LogP contribution in [0.3, 0.4) is 0 Å². The second kappa shape index (κ2) is 9.46. The van der Waals surface area contributed by atoms with Gasteiger partial charge in [-0.15, -0.1) is 0 Å². The largest absolute Gasteiger partial charge is 0.354 e. The Morgan fingerprint density at radius 2 is 1.68 bits per heavy atom. The number of aromatic nitrogens is 1. The number of carbonyl (C=O) groups is 2. The van der Waals surface area contributed by atoms with Crippen molar-refractivity contribution >= 4 is 23.1 Å². The van der Waals surface area contributed by atoms with E-state index in [9.17, 15) is 9.59 Å². The van der Waals surface area contributed by atoms with Crippen LogP contribution in [0.4, 0.5) is 11.4 Å². The van der Waals surface area contributed by atoms with Gasteiger partial charge in [0.1, 0.15) is 0 Å². The third-order valence-corrected chi connectivity index (χ3v) is 4.33. The molecule has 0 aliphatic carbocycles. The van der Waals surface area contributed by atoms with Crippen LogP contribution in [0, 0.1) is 0 Å². The number of rotatable bonds is 8. The third-order valence-electron chi connectivity index (χ3n) is 4.33. The van der Waals surface area contributed by atoms with E-state index in [0.29, 0.717) is 23.4 Å². The van der Waals surface area contributed by atoms with Gasteiger partial charge in [-0.05, 0) is 43.5 Å². The standard InChI is InChI=1S/C23H23N3O2/c1-17(27)19-10-5-11-21(13-19)26-22-14-20(15-24-16-22)23(28)25-12-6-9-18-7-3-2-4-8-18/h2-5,7-8,10-11,13-16,26H,6,9,12H2,1H3,(H,25,28). The number of benzene rings is 2. The van der Waals surface area contributed by atoms with Gasteiger partial charge in [-0.1, -0.05) is 42.5 Å². The minimum absolute atomic E-state index is 0.00501. The zero-order valence-corrected chi connectivity index (χ0v) is 15.8. The molecule has 0 aliphatic rings. The minimum Gasteiger partial charge on any atom is -0.354 e. The van der Waals surface area contributed by atoms with E-state index in [1.807, 2.05) is 30.3 Å². The molecule has 0 radical (unpaired) electrons. The molecular formula is C23H23N3O2. The van der Waals surface area contributed by atoms with Crippen LogP contribution in [-0.2, 0) is 6.42 Å². The first-order chi connectivity index (χ1) is 13.6. The van der Waals surface area contributed by atoms with Crippen LogP contribution >= 0.6 is 0 Å². The lowest BCUT2D eigenvalue weighted by molar-refractivity contribution is 0.0952. The van der Waals surface area contributed by atoms with Gasteiger partial charge < -0.3 is 10.6 Å². The fraction of sp³-hybridized carbons (Fsp3) is 0.174. The molecule has 1 heterocycles. The second-order valence-electron chi connectivity index (χ2n) is 6.57. The van der Waals surface area contributed by atoms with E-state index < -0.39 is 0 Å². The first-order valence-corrected chi connectivity index (χ1v) is 9.27. The number of hydrogen-bond donors (Lipinski definition) is 2. The monoisotopic (exact) mass is 373 g/mol. The average Bonchev–Trinajstić information content (AvgIpc) is 2.72. The van der Waals surface area contributed by atoms with Gasteiger partial charge in [-0.2, -0.15) is 0 Å². The summed E-state index contributed by atoms with van der Waals surface area (Å²) in [5.41, 5.74) is 3.85. The molecule has 0 spiro atoms. The van der Waals surface area contributed by atoms with E-state index in [-0.39, 0.29) is 11.7 Å². The summed E-state index contributed by atoms with van der Waals surface area (Å²) in [7, 11) is 0. The van der Waals surface area contributed by atoms with Gasteiger partial charge in [0.2, 0.25) is 0 Å². The number of hydrogen-bond acceptors (Lipinski definition) is 4. The van der Waals surface area contributed by atoms with Crippen molar-refractivity contribution < 1.29 is 9.59 Å². The molecule has 28 heavy (non-hydrogen) atoms. The van der Waals surface area contributed by atoms with Crippen LogP contribution in [0.1, 0.15) is 39.6 Å². The van der Waals surface area contributed by atoms with Gasteiger partial charge in [0.05, 0.1) is 17.4 Å². The molecule has 2 aromatic carbocycles. The lowest BCUT2D eigenvalue weighted by Gasteiger charge is -2.09. The molecule has 5 nitrogen and oxygen atoms in total. The number of carbonyl (C=O) groups excluding carboxylic acids is 2. The van der Waals surface area contributed by atoms with Crippen LogP contribution in [-0.4, -0.2) is 23.2 Å². The lowest BCUT2D eigenvalue weighted by atomic mass is 10.1. The lowest BCUT2D eigenvalue weighted by Crippen LogP contribution is -2.25. The smallest absolute Gasteiger partial charge is 0.252 e. The third kappa shape index (κ3) is 5.51. The van der Waals surface area contributed by atoms with E-state index >= 15 is 0 Å². The predicted octanol–water partition coefficient (Wildman–Crippen LogP) is 4.39. The van der Waals surface area contributed by atoms with Gasteiger partial charge in [0, 0.05) is 24.0 Å². The summed E-state index contributed by atoms with van der Waals surface area (Å²) in [6.45, 7) is 2.13. The van der Waals surface area contributed by atoms with E-state index in [0.717, 1.165) is 18.5 Å². The molecule has 1 aromatic heterocycles. The van der Waals surface area contributed by atoms with E-state index in [1.54, 1.807) is 30.6 Å². The molecule has 142 valence electrons. The Morgan fingerprint density at radius 3 is 2.46 bits per heavy atom. The van der Waals surface area contributed by atoms with Gasteiger partial charge in [-0.25, -0.2) is 0 Å². The highest BCUT2D eigenvalue weighted by molar-refractivity contribution is 5.96. The molecule has 1 amide bonds. The first-order valence-electron chi connectivity index (χ1n) is 9.27. The SMILES string of the molecule is CC(=O)c1cccc(Nc2cncc(C(=O)NCCCc3ccccc3)c2)c1. The quantitative estimate of drug-likeness (QED) is 0.454. The number of Topliss-reactive ketones (excluding diaryl/α,β-unsaturated/α-hetero) is 1. The van der Waals surface area contributed by atoms with Crippen LogP contribution in [0.25, 0.3) is 0 Å². The van der Waals surface area contributed by atoms with Crippen molar-refractivity contribution in [3.8, 4) is 0 Å². The van der Waals surface area contributed by atoms with Crippen molar-refractivity contribution in [1.82, 2.24) is 10.3 Å². The summed E-state index contributed by atoms with van der Waals surface area (Å²) in [5.74, 6) is -0.146. The Balaban J connectivity index is 1.55. The molecule has 5 heteroatoms. The second-order valence-corrected chi connectivity index (χ2v) is 6.57. The summed E-state index contributed by atoms with van der Waals surface area (Å²) in [5, 5.41) is 6.12. The van der Waals surface area contributed by atoms with Gasteiger partial charge >= 0.3 is 0 Å². The summed E-state index contributed by atoms with van der Waals surface area (Å²) >= 11 is 0. The Morgan fingerprint density at radius 1 is 0.893 bits per heavy atom. The average molecular weight is 373 g/mol. The Hall–Kier alpha value is -3.47. The Bertz CT molecular complexity index is 955. The first kappa shape index (κ1) is 19.3.